The summed E-state index contributed by atoms with van der Waals surface area (Å²) in [7, 11) is 1.65. The quantitative estimate of drug-likeness (QED) is 0.849. The van der Waals surface area contributed by atoms with Gasteiger partial charge >= 0.3 is 0 Å². The van der Waals surface area contributed by atoms with Gasteiger partial charge in [0.05, 0.1) is 16.9 Å². The van der Waals surface area contributed by atoms with Gasteiger partial charge in [-0.1, -0.05) is 12.1 Å². The first-order valence-electron chi connectivity index (χ1n) is 5.35. The number of nitrogen functional groups attached to an aromatic ring is 1. The lowest BCUT2D eigenvalue weighted by Gasteiger charge is -2.07. The normalized spacial score (nSPS) is 10.4. The lowest BCUT2D eigenvalue weighted by atomic mass is 10.2. The van der Waals surface area contributed by atoms with E-state index in [2.05, 4.69) is 10.4 Å². The first-order valence-corrected chi connectivity index (χ1v) is 5.35. The summed E-state index contributed by atoms with van der Waals surface area (Å²) in [5.74, 6) is -0.768. The minimum absolute atomic E-state index is 0.0317. The molecule has 0 atom stereocenters. The van der Waals surface area contributed by atoms with Gasteiger partial charge in [-0.15, -0.1) is 0 Å². The van der Waals surface area contributed by atoms with Crippen LogP contribution in [-0.4, -0.2) is 15.7 Å². The summed E-state index contributed by atoms with van der Waals surface area (Å²) in [5, 5.41) is 6.62. The van der Waals surface area contributed by atoms with E-state index in [1.54, 1.807) is 20.0 Å². The van der Waals surface area contributed by atoms with Gasteiger partial charge in [0.1, 0.15) is 5.82 Å². The van der Waals surface area contributed by atoms with Gasteiger partial charge in [-0.2, -0.15) is 5.10 Å². The van der Waals surface area contributed by atoms with Crippen molar-refractivity contribution in [1.29, 1.82) is 0 Å². The number of nitrogens with one attached hydrogen (secondary N) is 1. The fourth-order valence-corrected chi connectivity index (χ4v) is 1.64. The topological polar surface area (TPSA) is 72.9 Å². The van der Waals surface area contributed by atoms with E-state index >= 15 is 0 Å². The molecule has 0 aliphatic rings. The van der Waals surface area contributed by atoms with Crippen LogP contribution in [0, 0.1) is 12.7 Å². The summed E-state index contributed by atoms with van der Waals surface area (Å²) in [6.07, 6.45) is 0. The van der Waals surface area contributed by atoms with E-state index in [0.717, 1.165) is 0 Å². The smallest absolute Gasteiger partial charge is 0.259 e. The second kappa shape index (κ2) is 4.48. The van der Waals surface area contributed by atoms with Crippen molar-refractivity contribution in [2.45, 2.75) is 6.92 Å². The van der Waals surface area contributed by atoms with Gasteiger partial charge in [0, 0.05) is 7.05 Å². The zero-order valence-electron chi connectivity index (χ0n) is 10.1. The Kier molecular flexibility index (Phi) is 3.01. The number of halogens is 1. The van der Waals surface area contributed by atoms with E-state index < -0.39 is 11.7 Å². The number of hydrogen-bond donors (Lipinski definition) is 2. The van der Waals surface area contributed by atoms with E-state index in [1.165, 1.54) is 22.9 Å². The molecule has 5 nitrogen and oxygen atoms in total. The molecule has 0 aliphatic heterocycles. The van der Waals surface area contributed by atoms with Crippen LogP contribution in [0.1, 0.15) is 16.1 Å². The standard InChI is InChI=1S/C12H13FN4O/c1-7-10(14)11(17(2)16-7)15-12(18)8-5-3-4-6-9(8)13/h3-6H,14H2,1-2H3,(H,15,18). The SMILES string of the molecule is Cc1nn(C)c(NC(=O)c2ccccc2F)c1N. The third-order valence-corrected chi connectivity index (χ3v) is 2.62. The highest BCUT2D eigenvalue weighted by atomic mass is 19.1. The van der Waals surface area contributed by atoms with E-state index in [-0.39, 0.29) is 5.56 Å². The predicted molar refractivity (Wildman–Crippen MR) is 66.7 cm³/mol. The molecule has 1 heterocycles. The van der Waals surface area contributed by atoms with Crippen LogP contribution < -0.4 is 11.1 Å². The third-order valence-electron chi connectivity index (χ3n) is 2.62. The number of benzene rings is 1. The van der Waals surface area contributed by atoms with Crippen LogP contribution in [0.2, 0.25) is 0 Å². The number of hydrogen-bond acceptors (Lipinski definition) is 3. The maximum atomic E-state index is 13.4. The number of carbonyl (C=O) groups is 1. The monoisotopic (exact) mass is 248 g/mol. The average molecular weight is 248 g/mol. The first kappa shape index (κ1) is 12.1. The van der Waals surface area contributed by atoms with Crippen molar-refractivity contribution in [1.82, 2.24) is 9.78 Å². The number of rotatable bonds is 2. The van der Waals surface area contributed by atoms with Crippen molar-refractivity contribution in [2.75, 3.05) is 11.1 Å². The van der Waals surface area contributed by atoms with Crippen LogP contribution >= 0.6 is 0 Å². The van der Waals surface area contributed by atoms with Gasteiger partial charge < -0.3 is 11.1 Å². The zero-order chi connectivity index (χ0) is 13.3. The Morgan fingerprint density at radius 1 is 1.44 bits per heavy atom. The second-order valence-corrected chi connectivity index (χ2v) is 3.91. The van der Waals surface area contributed by atoms with Gasteiger partial charge in [-0.3, -0.25) is 9.48 Å². The largest absolute Gasteiger partial charge is 0.394 e. The van der Waals surface area contributed by atoms with Crippen molar-refractivity contribution in [3.63, 3.8) is 0 Å². The molecule has 2 rings (SSSR count). The lowest BCUT2D eigenvalue weighted by Crippen LogP contribution is -2.16. The molecule has 0 spiro atoms. The molecule has 6 heteroatoms. The minimum Gasteiger partial charge on any atom is -0.394 e. The summed E-state index contributed by atoms with van der Waals surface area (Å²) in [6.45, 7) is 1.73. The zero-order valence-corrected chi connectivity index (χ0v) is 10.1. The Morgan fingerprint density at radius 2 is 2.11 bits per heavy atom. The van der Waals surface area contributed by atoms with Crippen LogP contribution in [0.15, 0.2) is 24.3 Å². The van der Waals surface area contributed by atoms with Gasteiger partial charge in [0.15, 0.2) is 5.82 Å². The lowest BCUT2D eigenvalue weighted by molar-refractivity contribution is 0.102. The van der Waals surface area contributed by atoms with Crippen LogP contribution in [0.5, 0.6) is 0 Å². The maximum Gasteiger partial charge on any atom is 0.259 e. The number of anilines is 2. The molecule has 0 saturated carbocycles. The predicted octanol–water partition coefficient (Wildman–Crippen LogP) is 1.70. The maximum absolute atomic E-state index is 13.4. The van der Waals surface area contributed by atoms with Crippen molar-refractivity contribution in [3.8, 4) is 0 Å². The number of aryl methyl sites for hydroxylation is 2. The third kappa shape index (κ3) is 2.04. The van der Waals surface area contributed by atoms with Crippen LogP contribution in [-0.2, 0) is 7.05 Å². The van der Waals surface area contributed by atoms with Gasteiger partial charge in [0.2, 0.25) is 0 Å². The Labute approximate surface area is 103 Å². The number of aromatic nitrogens is 2. The minimum atomic E-state index is -0.576. The molecular weight excluding hydrogens is 235 g/mol. The fourth-order valence-electron chi connectivity index (χ4n) is 1.64. The van der Waals surface area contributed by atoms with Crippen LogP contribution in [0.3, 0.4) is 0 Å². The van der Waals surface area contributed by atoms with E-state index in [0.29, 0.717) is 17.2 Å². The summed E-state index contributed by atoms with van der Waals surface area (Å²) in [4.78, 5) is 11.9. The Balaban J connectivity index is 2.30. The Bertz CT molecular complexity index is 606. The highest BCUT2D eigenvalue weighted by Gasteiger charge is 2.16. The van der Waals surface area contributed by atoms with E-state index in [9.17, 15) is 9.18 Å². The summed E-state index contributed by atoms with van der Waals surface area (Å²) < 4.78 is 14.9. The molecule has 3 N–H and O–H groups in total. The number of nitrogens with zero attached hydrogens (tertiary/aromatic N) is 2. The van der Waals surface area contributed by atoms with Crippen molar-refractivity contribution in [3.05, 3.63) is 41.3 Å². The van der Waals surface area contributed by atoms with Crippen molar-refractivity contribution in [2.24, 2.45) is 7.05 Å². The number of nitrogens with two attached hydrogens (primary N) is 1. The summed E-state index contributed by atoms with van der Waals surface area (Å²) in [6, 6.07) is 5.75. The molecule has 1 aromatic heterocycles. The molecular formula is C12H13FN4O. The van der Waals surface area contributed by atoms with Gasteiger partial charge in [0.25, 0.3) is 5.91 Å². The molecule has 94 valence electrons. The molecule has 0 saturated heterocycles. The van der Waals surface area contributed by atoms with E-state index in [4.69, 9.17) is 5.73 Å². The van der Waals surface area contributed by atoms with E-state index in [1.807, 2.05) is 0 Å². The molecule has 1 aromatic carbocycles. The second-order valence-electron chi connectivity index (χ2n) is 3.91. The van der Waals surface area contributed by atoms with Crippen molar-refractivity contribution >= 4 is 17.4 Å². The molecule has 1 amide bonds. The Morgan fingerprint density at radius 3 is 2.67 bits per heavy atom. The first-order chi connectivity index (χ1) is 8.50. The molecule has 0 unspecified atom stereocenters. The van der Waals surface area contributed by atoms with Crippen LogP contribution in [0.4, 0.5) is 15.9 Å². The summed E-state index contributed by atoms with van der Waals surface area (Å²) >= 11 is 0. The van der Waals surface area contributed by atoms with Gasteiger partial charge in [-0.25, -0.2) is 4.39 Å². The molecule has 0 bridgehead atoms. The molecule has 0 fully saturated rings. The summed E-state index contributed by atoms with van der Waals surface area (Å²) in [5.41, 5.74) is 6.73. The fraction of sp³-hybridized carbons (Fsp3) is 0.167. The van der Waals surface area contributed by atoms with Crippen LogP contribution in [0.25, 0.3) is 0 Å². The molecule has 18 heavy (non-hydrogen) atoms. The average Bonchev–Trinajstić information content (AvgIpc) is 2.56. The number of amides is 1. The number of carbonyl (C=O) groups excluding carboxylic acids is 1. The highest BCUT2D eigenvalue weighted by molar-refractivity contribution is 6.05. The Hall–Kier alpha value is -2.37. The molecule has 0 radical (unpaired) electrons. The van der Waals surface area contributed by atoms with Gasteiger partial charge in [-0.05, 0) is 19.1 Å². The molecule has 2 aromatic rings. The van der Waals surface area contributed by atoms with Crippen molar-refractivity contribution < 1.29 is 9.18 Å². The molecule has 0 aliphatic carbocycles. The highest BCUT2D eigenvalue weighted by Crippen LogP contribution is 2.21.